The summed E-state index contributed by atoms with van der Waals surface area (Å²) >= 11 is 0. The minimum Gasteiger partial charge on any atom is -0.508 e. The number of benzene rings is 2. The SMILES string of the molecule is C[C@H]1O[C@H](Oc2c(-c3ccc(O)cc3)oc3cc(O)cc(O)c3c2=O)[C@H](O)[C@H](O)[C@H]1O. The lowest BCUT2D eigenvalue weighted by atomic mass is 10.00. The number of rotatable bonds is 3. The smallest absolute Gasteiger partial charge is 0.239 e. The number of ether oxygens (including phenoxy) is 2. The zero-order valence-electron chi connectivity index (χ0n) is 16.2. The van der Waals surface area contributed by atoms with E-state index in [0.29, 0.717) is 5.56 Å². The molecule has 1 aliphatic heterocycles. The van der Waals surface area contributed by atoms with Gasteiger partial charge in [-0.25, -0.2) is 0 Å². The molecule has 0 amide bonds. The van der Waals surface area contributed by atoms with Crippen LogP contribution in [0.5, 0.6) is 23.0 Å². The summed E-state index contributed by atoms with van der Waals surface area (Å²) in [7, 11) is 0. The molecule has 0 unspecified atom stereocenters. The summed E-state index contributed by atoms with van der Waals surface area (Å²) < 4.78 is 16.8. The molecular weight excluding hydrogens is 412 g/mol. The zero-order valence-corrected chi connectivity index (χ0v) is 16.2. The maximum atomic E-state index is 13.2. The number of fused-ring (bicyclic) bond motifs is 1. The summed E-state index contributed by atoms with van der Waals surface area (Å²) in [5, 5.41) is 59.4. The van der Waals surface area contributed by atoms with E-state index in [-0.39, 0.29) is 28.2 Å². The van der Waals surface area contributed by atoms with Gasteiger partial charge in [0.25, 0.3) is 0 Å². The second-order valence-electron chi connectivity index (χ2n) is 7.27. The molecule has 3 aromatic rings. The van der Waals surface area contributed by atoms with Gasteiger partial charge in [0, 0.05) is 17.7 Å². The van der Waals surface area contributed by atoms with Gasteiger partial charge in [0.1, 0.15) is 46.5 Å². The Morgan fingerprint density at radius 3 is 2.26 bits per heavy atom. The van der Waals surface area contributed by atoms with Crippen LogP contribution < -0.4 is 10.2 Å². The predicted molar refractivity (Wildman–Crippen MR) is 106 cm³/mol. The molecule has 0 aliphatic carbocycles. The first-order valence-electron chi connectivity index (χ1n) is 9.36. The lowest BCUT2D eigenvalue weighted by molar-refractivity contribution is -0.268. The van der Waals surface area contributed by atoms with Crippen LogP contribution in [0, 0.1) is 0 Å². The van der Waals surface area contributed by atoms with Gasteiger partial charge in [-0.15, -0.1) is 0 Å². The van der Waals surface area contributed by atoms with Gasteiger partial charge in [-0.3, -0.25) is 4.79 Å². The maximum absolute atomic E-state index is 13.2. The molecule has 2 heterocycles. The van der Waals surface area contributed by atoms with Crippen LogP contribution in [0.25, 0.3) is 22.3 Å². The van der Waals surface area contributed by atoms with Gasteiger partial charge in [-0.1, -0.05) is 0 Å². The number of phenols is 3. The average Bonchev–Trinajstić information content (AvgIpc) is 2.72. The molecule has 5 atom stereocenters. The summed E-state index contributed by atoms with van der Waals surface area (Å²) in [6, 6.07) is 7.66. The summed E-state index contributed by atoms with van der Waals surface area (Å²) in [4.78, 5) is 13.2. The summed E-state index contributed by atoms with van der Waals surface area (Å²) in [5.74, 6) is -1.51. The van der Waals surface area contributed by atoms with Crippen molar-refractivity contribution in [2.24, 2.45) is 0 Å². The molecule has 0 bridgehead atoms. The lowest BCUT2D eigenvalue weighted by Crippen LogP contribution is -2.58. The minimum atomic E-state index is -1.69. The Balaban J connectivity index is 1.90. The Morgan fingerprint density at radius 1 is 0.903 bits per heavy atom. The van der Waals surface area contributed by atoms with E-state index >= 15 is 0 Å². The monoisotopic (exact) mass is 432 g/mol. The normalized spacial score (nSPS) is 26.1. The molecule has 0 spiro atoms. The number of hydrogen-bond acceptors (Lipinski definition) is 10. The molecule has 1 aliphatic rings. The van der Waals surface area contributed by atoms with Gasteiger partial charge >= 0.3 is 0 Å². The Labute approximate surface area is 174 Å². The van der Waals surface area contributed by atoms with Gasteiger partial charge in [0.05, 0.1) is 6.10 Å². The molecular formula is C21H20O10. The minimum absolute atomic E-state index is 0.0402. The first-order valence-corrected chi connectivity index (χ1v) is 9.36. The fourth-order valence-corrected chi connectivity index (χ4v) is 3.41. The maximum Gasteiger partial charge on any atom is 0.239 e. The van der Waals surface area contributed by atoms with Crippen LogP contribution in [-0.2, 0) is 4.74 Å². The highest BCUT2D eigenvalue weighted by Gasteiger charge is 2.44. The number of hydrogen-bond donors (Lipinski definition) is 6. The van der Waals surface area contributed by atoms with Crippen LogP contribution in [0.2, 0.25) is 0 Å². The number of aromatic hydroxyl groups is 3. The standard InChI is InChI=1S/C21H20O10/c1-8-15(25)17(27)18(28)21(29-8)31-20-16(26)14-12(24)6-11(23)7-13(14)30-19(20)9-2-4-10(22)5-3-9/h2-8,15,17-18,21-25,27-28H,1H3/t8-,15+,17-,18-,21-/m1/s1. The van der Waals surface area contributed by atoms with E-state index < -0.39 is 47.6 Å². The van der Waals surface area contributed by atoms with Gasteiger partial charge in [-0.2, -0.15) is 0 Å². The highest BCUT2D eigenvalue weighted by molar-refractivity contribution is 5.88. The van der Waals surface area contributed by atoms with Crippen molar-refractivity contribution in [3.63, 3.8) is 0 Å². The first-order chi connectivity index (χ1) is 14.7. The van der Waals surface area contributed by atoms with Crippen molar-refractivity contribution in [1.82, 2.24) is 0 Å². The fraction of sp³-hybridized carbons (Fsp3) is 0.286. The molecule has 1 saturated heterocycles. The molecule has 0 radical (unpaired) electrons. The highest BCUT2D eigenvalue weighted by Crippen LogP contribution is 2.37. The number of aliphatic hydroxyl groups is 3. The second-order valence-corrected chi connectivity index (χ2v) is 7.27. The van der Waals surface area contributed by atoms with E-state index in [0.717, 1.165) is 12.1 Å². The summed E-state index contributed by atoms with van der Waals surface area (Å²) in [5.41, 5.74) is -0.661. The lowest BCUT2D eigenvalue weighted by Gasteiger charge is -2.38. The summed E-state index contributed by atoms with van der Waals surface area (Å²) in [6.07, 6.45) is -7.11. The predicted octanol–water partition coefficient (Wildman–Crippen LogP) is 0.783. The van der Waals surface area contributed by atoms with Gasteiger partial charge in [-0.05, 0) is 31.2 Å². The van der Waals surface area contributed by atoms with Crippen LogP contribution >= 0.6 is 0 Å². The molecule has 31 heavy (non-hydrogen) atoms. The fourth-order valence-electron chi connectivity index (χ4n) is 3.41. The first kappa shape index (κ1) is 20.9. The molecule has 2 aromatic carbocycles. The third-order valence-electron chi connectivity index (χ3n) is 5.09. The Hall–Kier alpha value is -3.31. The van der Waals surface area contributed by atoms with Crippen molar-refractivity contribution in [1.29, 1.82) is 0 Å². The van der Waals surface area contributed by atoms with Crippen molar-refractivity contribution >= 4 is 11.0 Å². The molecule has 10 heteroatoms. The van der Waals surface area contributed by atoms with E-state index in [1.165, 1.54) is 31.2 Å². The van der Waals surface area contributed by atoms with Crippen molar-refractivity contribution < 1.29 is 44.5 Å². The average molecular weight is 432 g/mol. The third-order valence-corrected chi connectivity index (χ3v) is 5.09. The van der Waals surface area contributed by atoms with Gasteiger partial charge in [0.2, 0.25) is 17.5 Å². The Bertz CT molecular complexity index is 1170. The van der Waals surface area contributed by atoms with Crippen molar-refractivity contribution in [3.05, 3.63) is 46.6 Å². The number of phenolic OH excluding ortho intramolecular Hbond substituents is 3. The quantitative estimate of drug-likeness (QED) is 0.348. The summed E-state index contributed by atoms with van der Waals surface area (Å²) in [6.45, 7) is 1.45. The van der Waals surface area contributed by atoms with Crippen LogP contribution in [0.4, 0.5) is 0 Å². The molecule has 10 nitrogen and oxygen atoms in total. The largest absolute Gasteiger partial charge is 0.508 e. The van der Waals surface area contributed by atoms with Crippen molar-refractivity contribution in [2.75, 3.05) is 0 Å². The molecule has 4 rings (SSSR count). The molecule has 1 aromatic heterocycles. The van der Waals surface area contributed by atoms with E-state index in [9.17, 15) is 35.4 Å². The van der Waals surface area contributed by atoms with Gasteiger partial charge < -0.3 is 44.5 Å². The highest BCUT2D eigenvalue weighted by atomic mass is 16.7. The third kappa shape index (κ3) is 3.66. The Kier molecular flexibility index (Phi) is 5.23. The van der Waals surface area contributed by atoms with Gasteiger partial charge in [0.15, 0.2) is 5.76 Å². The van der Waals surface area contributed by atoms with Crippen LogP contribution in [0.3, 0.4) is 0 Å². The van der Waals surface area contributed by atoms with Crippen LogP contribution in [0.1, 0.15) is 6.92 Å². The van der Waals surface area contributed by atoms with Crippen LogP contribution in [0.15, 0.2) is 45.6 Å². The van der Waals surface area contributed by atoms with E-state index in [1.807, 2.05) is 0 Å². The van der Waals surface area contributed by atoms with Crippen molar-refractivity contribution in [3.8, 4) is 34.3 Å². The topological polar surface area (TPSA) is 170 Å². The Morgan fingerprint density at radius 2 is 1.58 bits per heavy atom. The van der Waals surface area contributed by atoms with E-state index in [2.05, 4.69) is 0 Å². The van der Waals surface area contributed by atoms with Crippen LogP contribution in [-0.4, -0.2) is 61.3 Å². The second kappa shape index (κ2) is 7.75. The molecule has 1 fully saturated rings. The molecule has 6 N–H and O–H groups in total. The van der Waals surface area contributed by atoms with E-state index in [1.54, 1.807) is 0 Å². The zero-order chi connectivity index (χ0) is 22.4. The molecule has 0 saturated carbocycles. The van der Waals surface area contributed by atoms with E-state index in [4.69, 9.17) is 13.9 Å². The molecule has 164 valence electrons. The van der Waals surface area contributed by atoms with Crippen molar-refractivity contribution in [2.45, 2.75) is 37.6 Å². The number of aliphatic hydroxyl groups excluding tert-OH is 3.